The van der Waals surface area contributed by atoms with E-state index >= 15 is 0 Å². The third kappa shape index (κ3) is 1.06. The molecule has 0 radical (unpaired) electrons. The van der Waals surface area contributed by atoms with Gasteiger partial charge in [0.05, 0.1) is 17.1 Å². The molecule has 2 aromatic heterocycles. The summed E-state index contributed by atoms with van der Waals surface area (Å²) in [4.78, 5) is 8.97. The lowest BCUT2D eigenvalue weighted by Gasteiger charge is -2.08. The average molecular weight is 239 g/mol. The Hall–Kier alpha value is -2.30. The first-order valence-electron chi connectivity index (χ1n) is 6.06. The number of anilines is 2. The SMILES string of the molecule is C[C@@H]1CNc2nc3c(N)nc4ccccc4c3n21. The number of nitrogens with one attached hydrogen (secondary N) is 1. The predicted molar refractivity (Wildman–Crippen MR) is 72.6 cm³/mol. The largest absolute Gasteiger partial charge is 0.382 e. The summed E-state index contributed by atoms with van der Waals surface area (Å²) in [7, 11) is 0. The molecule has 0 fully saturated rings. The molecule has 0 unspecified atom stereocenters. The second-order valence-electron chi connectivity index (χ2n) is 4.75. The number of aromatic nitrogens is 3. The lowest BCUT2D eigenvalue weighted by Crippen LogP contribution is -2.04. The smallest absolute Gasteiger partial charge is 0.204 e. The molecule has 1 aliphatic heterocycles. The summed E-state index contributed by atoms with van der Waals surface area (Å²) in [5.41, 5.74) is 8.82. The Morgan fingerprint density at radius 3 is 3.06 bits per heavy atom. The van der Waals surface area contributed by atoms with Crippen molar-refractivity contribution in [3.63, 3.8) is 0 Å². The van der Waals surface area contributed by atoms with Crippen LogP contribution in [0.3, 0.4) is 0 Å². The van der Waals surface area contributed by atoms with Crippen molar-refractivity contribution in [1.29, 1.82) is 0 Å². The molecule has 3 N–H and O–H groups in total. The highest BCUT2D eigenvalue weighted by Crippen LogP contribution is 2.35. The highest BCUT2D eigenvalue weighted by Gasteiger charge is 2.24. The molecule has 1 aliphatic rings. The Morgan fingerprint density at radius 1 is 1.33 bits per heavy atom. The van der Waals surface area contributed by atoms with Crippen LogP contribution in [-0.4, -0.2) is 21.1 Å². The Bertz CT molecular complexity index is 774. The number of hydrogen-bond acceptors (Lipinski definition) is 4. The van der Waals surface area contributed by atoms with Gasteiger partial charge in [0.1, 0.15) is 5.52 Å². The van der Waals surface area contributed by atoms with Crippen molar-refractivity contribution in [3.05, 3.63) is 24.3 Å². The van der Waals surface area contributed by atoms with Gasteiger partial charge in [-0.05, 0) is 13.0 Å². The Balaban J connectivity index is 2.28. The van der Waals surface area contributed by atoms with Crippen LogP contribution in [0.2, 0.25) is 0 Å². The van der Waals surface area contributed by atoms with E-state index in [4.69, 9.17) is 5.73 Å². The van der Waals surface area contributed by atoms with Crippen LogP contribution in [0.15, 0.2) is 24.3 Å². The van der Waals surface area contributed by atoms with Gasteiger partial charge in [-0.15, -0.1) is 0 Å². The molecular formula is C13H13N5. The number of benzene rings is 1. The van der Waals surface area contributed by atoms with Gasteiger partial charge in [0.2, 0.25) is 5.95 Å². The third-order valence-corrected chi connectivity index (χ3v) is 3.55. The van der Waals surface area contributed by atoms with E-state index in [9.17, 15) is 0 Å². The molecule has 0 aliphatic carbocycles. The zero-order valence-corrected chi connectivity index (χ0v) is 10.0. The van der Waals surface area contributed by atoms with Gasteiger partial charge in [-0.1, -0.05) is 18.2 Å². The summed E-state index contributed by atoms with van der Waals surface area (Å²) in [5.74, 6) is 1.39. The van der Waals surface area contributed by atoms with E-state index in [2.05, 4.69) is 32.8 Å². The quantitative estimate of drug-likeness (QED) is 0.630. The van der Waals surface area contributed by atoms with E-state index in [1.165, 1.54) is 0 Å². The van der Waals surface area contributed by atoms with E-state index in [1.807, 2.05) is 18.2 Å². The fraction of sp³-hybridized carbons (Fsp3) is 0.231. The molecule has 3 heterocycles. The maximum Gasteiger partial charge on any atom is 0.204 e. The summed E-state index contributed by atoms with van der Waals surface area (Å²) >= 11 is 0. The van der Waals surface area contributed by atoms with Crippen molar-refractivity contribution in [3.8, 4) is 0 Å². The molecule has 0 bridgehead atoms. The fourth-order valence-corrected chi connectivity index (χ4v) is 2.71. The molecule has 5 nitrogen and oxygen atoms in total. The summed E-state index contributed by atoms with van der Waals surface area (Å²) in [6.45, 7) is 3.09. The number of rotatable bonds is 0. The van der Waals surface area contributed by atoms with Gasteiger partial charge in [-0.2, -0.15) is 0 Å². The van der Waals surface area contributed by atoms with Crippen LogP contribution in [0.25, 0.3) is 21.9 Å². The van der Waals surface area contributed by atoms with Gasteiger partial charge in [0.15, 0.2) is 5.82 Å². The molecule has 18 heavy (non-hydrogen) atoms. The maximum absolute atomic E-state index is 6.01. The van der Waals surface area contributed by atoms with Crippen LogP contribution in [0.1, 0.15) is 13.0 Å². The molecule has 0 saturated heterocycles. The molecule has 1 atom stereocenters. The van der Waals surface area contributed by atoms with E-state index in [-0.39, 0.29) is 0 Å². The molecule has 4 rings (SSSR count). The number of fused-ring (bicyclic) bond motifs is 5. The fourth-order valence-electron chi connectivity index (χ4n) is 2.71. The summed E-state index contributed by atoms with van der Waals surface area (Å²) < 4.78 is 2.22. The summed E-state index contributed by atoms with van der Waals surface area (Å²) in [6, 6.07) is 8.44. The predicted octanol–water partition coefficient (Wildman–Crippen LogP) is 2.15. The third-order valence-electron chi connectivity index (χ3n) is 3.55. The molecule has 1 aromatic carbocycles. The van der Waals surface area contributed by atoms with Gasteiger partial charge in [-0.3, -0.25) is 0 Å². The van der Waals surface area contributed by atoms with Crippen molar-refractivity contribution >= 4 is 33.7 Å². The number of hydrogen-bond donors (Lipinski definition) is 2. The summed E-state index contributed by atoms with van der Waals surface area (Å²) in [6.07, 6.45) is 0. The van der Waals surface area contributed by atoms with E-state index in [0.717, 1.165) is 34.4 Å². The van der Waals surface area contributed by atoms with E-state index < -0.39 is 0 Å². The second kappa shape index (κ2) is 3.13. The lowest BCUT2D eigenvalue weighted by atomic mass is 10.2. The van der Waals surface area contributed by atoms with Crippen molar-refractivity contribution in [1.82, 2.24) is 14.5 Å². The van der Waals surface area contributed by atoms with E-state index in [1.54, 1.807) is 0 Å². The Labute approximate surface area is 104 Å². The van der Waals surface area contributed by atoms with Crippen molar-refractivity contribution in [2.75, 3.05) is 17.6 Å². The van der Waals surface area contributed by atoms with Crippen LogP contribution in [-0.2, 0) is 0 Å². The van der Waals surface area contributed by atoms with Crippen LogP contribution >= 0.6 is 0 Å². The normalized spacial score (nSPS) is 18.2. The molecular weight excluding hydrogens is 226 g/mol. The lowest BCUT2D eigenvalue weighted by molar-refractivity contribution is 0.650. The average Bonchev–Trinajstić information content (AvgIpc) is 2.91. The molecule has 90 valence electrons. The number of nitrogens with two attached hydrogens (primary N) is 1. The standard InChI is InChI=1S/C13H13N5/c1-7-6-15-13-17-10-11(18(7)13)8-4-2-3-5-9(8)16-12(10)14/h2-5,7H,6H2,1H3,(H2,14,16)(H,15,17)/t7-/m1/s1. The Kier molecular flexibility index (Phi) is 1.69. The van der Waals surface area contributed by atoms with Crippen LogP contribution < -0.4 is 11.1 Å². The first kappa shape index (κ1) is 9.70. The maximum atomic E-state index is 6.01. The minimum atomic E-state index is 0.384. The number of pyridine rings is 1. The highest BCUT2D eigenvalue weighted by atomic mass is 15.3. The van der Waals surface area contributed by atoms with Crippen molar-refractivity contribution < 1.29 is 0 Å². The van der Waals surface area contributed by atoms with Crippen LogP contribution in [0.4, 0.5) is 11.8 Å². The zero-order chi connectivity index (χ0) is 12.3. The minimum Gasteiger partial charge on any atom is -0.382 e. The number of nitrogens with zero attached hydrogens (tertiary/aromatic N) is 3. The number of para-hydroxylation sites is 1. The minimum absolute atomic E-state index is 0.384. The molecule has 0 spiro atoms. The van der Waals surface area contributed by atoms with Crippen molar-refractivity contribution in [2.24, 2.45) is 0 Å². The highest BCUT2D eigenvalue weighted by molar-refractivity contribution is 6.07. The van der Waals surface area contributed by atoms with Gasteiger partial charge >= 0.3 is 0 Å². The van der Waals surface area contributed by atoms with Gasteiger partial charge < -0.3 is 15.6 Å². The number of nitrogen functional groups attached to an aromatic ring is 1. The van der Waals surface area contributed by atoms with Gasteiger partial charge in [-0.25, -0.2) is 9.97 Å². The number of imidazole rings is 1. The molecule has 5 heteroatoms. The van der Waals surface area contributed by atoms with Gasteiger partial charge in [0.25, 0.3) is 0 Å². The first-order valence-corrected chi connectivity index (χ1v) is 6.06. The first-order chi connectivity index (χ1) is 8.75. The molecule has 0 amide bonds. The Morgan fingerprint density at radius 2 is 2.17 bits per heavy atom. The summed E-state index contributed by atoms with van der Waals surface area (Å²) in [5, 5.41) is 4.41. The topological polar surface area (TPSA) is 68.8 Å². The second-order valence-corrected chi connectivity index (χ2v) is 4.75. The zero-order valence-electron chi connectivity index (χ0n) is 10.0. The molecule has 0 saturated carbocycles. The van der Waals surface area contributed by atoms with E-state index in [0.29, 0.717) is 11.9 Å². The van der Waals surface area contributed by atoms with Crippen LogP contribution in [0, 0.1) is 0 Å². The molecule has 3 aromatic rings. The van der Waals surface area contributed by atoms with Crippen LogP contribution in [0.5, 0.6) is 0 Å². The van der Waals surface area contributed by atoms with Gasteiger partial charge in [0, 0.05) is 11.9 Å². The van der Waals surface area contributed by atoms with Crippen molar-refractivity contribution in [2.45, 2.75) is 13.0 Å². The monoisotopic (exact) mass is 239 g/mol.